The van der Waals surface area contributed by atoms with E-state index in [-0.39, 0.29) is 6.04 Å². The Balaban J connectivity index is 1.29. The molecule has 1 aliphatic rings. The second-order valence-corrected chi connectivity index (χ2v) is 12.2. The molecule has 210 valence electrons. The van der Waals surface area contributed by atoms with Gasteiger partial charge in [0.05, 0.1) is 23.1 Å². The van der Waals surface area contributed by atoms with E-state index in [1.165, 1.54) is 5.56 Å². The van der Waals surface area contributed by atoms with E-state index >= 15 is 0 Å². The third-order valence-electron chi connectivity index (χ3n) is 7.32. The number of para-hydroxylation sites is 1. The van der Waals surface area contributed by atoms with Gasteiger partial charge in [-0.05, 0) is 74.4 Å². The molecule has 1 N–H and O–H groups in total. The molecular formula is C31H37N5O3S. The van der Waals surface area contributed by atoms with Crippen LogP contribution in [-0.2, 0) is 10.0 Å². The third-order valence-corrected chi connectivity index (χ3v) is 9.24. The van der Waals surface area contributed by atoms with Crippen LogP contribution in [0.15, 0.2) is 77.7 Å². The van der Waals surface area contributed by atoms with Crippen molar-refractivity contribution < 1.29 is 13.2 Å². The second-order valence-electron chi connectivity index (χ2n) is 10.2. The highest BCUT2D eigenvalue weighted by molar-refractivity contribution is 7.89. The number of unbranched alkanes of at least 4 members (excludes halogenated alkanes) is 1. The molecule has 0 amide bonds. The summed E-state index contributed by atoms with van der Waals surface area (Å²) in [5, 5.41) is 4.44. The minimum Gasteiger partial charge on any atom is -0.494 e. The molecule has 1 atom stereocenters. The van der Waals surface area contributed by atoms with Gasteiger partial charge in [-0.3, -0.25) is 4.90 Å². The molecule has 1 aliphatic heterocycles. The normalized spacial score (nSPS) is 15.7. The molecule has 40 heavy (non-hydrogen) atoms. The maximum Gasteiger partial charge on any atom is 0.243 e. The molecule has 1 aromatic heterocycles. The van der Waals surface area contributed by atoms with Crippen molar-refractivity contribution in [2.75, 3.05) is 38.1 Å². The van der Waals surface area contributed by atoms with E-state index in [9.17, 15) is 8.42 Å². The quantitative estimate of drug-likeness (QED) is 0.241. The van der Waals surface area contributed by atoms with Crippen molar-refractivity contribution in [3.05, 3.63) is 84.2 Å². The summed E-state index contributed by atoms with van der Waals surface area (Å²) in [4.78, 5) is 12.4. The average Bonchev–Trinajstić information content (AvgIpc) is 2.97. The molecule has 0 bridgehead atoms. The van der Waals surface area contributed by atoms with Crippen LogP contribution < -0.4 is 10.1 Å². The van der Waals surface area contributed by atoms with Crippen molar-refractivity contribution in [1.82, 2.24) is 19.2 Å². The Labute approximate surface area is 237 Å². The summed E-state index contributed by atoms with van der Waals surface area (Å²) in [6.07, 6.45) is 2.02. The van der Waals surface area contributed by atoms with Gasteiger partial charge in [-0.1, -0.05) is 37.6 Å². The highest BCUT2D eigenvalue weighted by atomic mass is 32.2. The van der Waals surface area contributed by atoms with Gasteiger partial charge >= 0.3 is 0 Å². The van der Waals surface area contributed by atoms with Crippen LogP contribution >= 0.6 is 0 Å². The fraction of sp³-hybridized carbons (Fsp3) is 0.355. The largest absolute Gasteiger partial charge is 0.494 e. The molecular weight excluding hydrogens is 522 g/mol. The standard InChI is InChI=1S/C31H37N5O3S/c1-4-5-21-39-26-13-15-27(16-14-26)40(37,38)36-19-17-35(18-20-36)24(3)30-33-29-12-7-6-11-28(29)31(34-30)32-25-10-8-9-23(2)22-25/h6-16,22,24H,4-5,17-21H2,1-3H3,(H,32,33,34)/t24-/m1/s1. The van der Waals surface area contributed by atoms with E-state index in [2.05, 4.69) is 43.1 Å². The number of sulfonamides is 1. The number of rotatable bonds is 10. The lowest BCUT2D eigenvalue weighted by Gasteiger charge is -2.36. The lowest BCUT2D eigenvalue weighted by Crippen LogP contribution is -2.49. The molecule has 2 heterocycles. The molecule has 1 fully saturated rings. The molecule has 0 unspecified atom stereocenters. The van der Waals surface area contributed by atoms with Gasteiger partial charge in [0, 0.05) is 37.3 Å². The summed E-state index contributed by atoms with van der Waals surface area (Å²) in [5.41, 5.74) is 3.01. The van der Waals surface area contributed by atoms with E-state index in [0.717, 1.165) is 35.2 Å². The first-order chi connectivity index (χ1) is 19.3. The molecule has 0 saturated carbocycles. The summed E-state index contributed by atoms with van der Waals surface area (Å²) >= 11 is 0. The van der Waals surface area contributed by atoms with Gasteiger partial charge in [0.15, 0.2) is 0 Å². The second kappa shape index (κ2) is 12.3. The first kappa shape index (κ1) is 28.0. The Morgan fingerprint density at radius 3 is 2.42 bits per heavy atom. The van der Waals surface area contributed by atoms with Crippen LogP contribution in [0.4, 0.5) is 11.5 Å². The fourth-order valence-corrected chi connectivity index (χ4v) is 6.34. The summed E-state index contributed by atoms with van der Waals surface area (Å²) in [6, 6.07) is 22.9. The molecule has 8 nitrogen and oxygen atoms in total. The van der Waals surface area contributed by atoms with Crippen LogP contribution in [0.1, 0.15) is 44.1 Å². The van der Waals surface area contributed by atoms with Crippen molar-refractivity contribution in [3.8, 4) is 5.75 Å². The number of anilines is 2. The van der Waals surface area contributed by atoms with E-state index in [4.69, 9.17) is 14.7 Å². The number of nitrogens with zero attached hydrogens (tertiary/aromatic N) is 4. The van der Waals surface area contributed by atoms with E-state index in [0.29, 0.717) is 49.3 Å². The predicted molar refractivity (Wildman–Crippen MR) is 160 cm³/mol. The van der Waals surface area contributed by atoms with Gasteiger partial charge in [0.2, 0.25) is 10.0 Å². The van der Waals surface area contributed by atoms with Gasteiger partial charge < -0.3 is 10.1 Å². The van der Waals surface area contributed by atoms with Crippen LogP contribution in [0, 0.1) is 6.92 Å². The maximum atomic E-state index is 13.3. The number of aromatic nitrogens is 2. The highest BCUT2D eigenvalue weighted by Gasteiger charge is 2.31. The Bertz CT molecular complexity index is 1550. The Hall–Kier alpha value is -3.53. The number of hydrogen-bond donors (Lipinski definition) is 1. The summed E-state index contributed by atoms with van der Waals surface area (Å²) in [5.74, 6) is 2.17. The number of benzene rings is 3. The number of hydrogen-bond acceptors (Lipinski definition) is 7. The van der Waals surface area contributed by atoms with Crippen LogP contribution in [0.25, 0.3) is 10.9 Å². The summed E-state index contributed by atoms with van der Waals surface area (Å²) in [7, 11) is -3.58. The number of nitrogens with one attached hydrogen (secondary N) is 1. The van der Waals surface area contributed by atoms with Gasteiger partial charge in [0.25, 0.3) is 0 Å². The molecule has 9 heteroatoms. The first-order valence-electron chi connectivity index (χ1n) is 13.9. The van der Waals surface area contributed by atoms with Crippen molar-refractivity contribution in [3.63, 3.8) is 0 Å². The first-order valence-corrected chi connectivity index (χ1v) is 15.4. The van der Waals surface area contributed by atoms with Crippen molar-refractivity contribution >= 4 is 32.4 Å². The molecule has 5 rings (SSSR count). The summed E-state index contributed by atoms with van der Waals surface area (Å²) < 4.78 is 33.9. The Kier molecular flexibility index (Phi) is 8.63. The zero-order valence-electron chi connectivity index (χ0n) is 23.4. The van der Waals surface area contributed by atoms with E-state index in [1.54, 1.807) is 28.6 Å². The minimum atomic E-state index is -3.58. The van der Waals surface area contributed by atoms with Crippen molar-refractivity contribution in [2.24, 2.45) is 0 Å². The SMILES string of the molecule is CCCCOc1ccc(S(=O)(=O)N2CCN([C@H](C)c3nc(Nc4cccc(C)c4)c4ccccc4n3)CC2)cc1. The molecule has 0 radical (unpaired) electrons. The molecule has 0 aliphatic carbocycles. The van der Waals surface area contributed by atoms with Gasteiger partial charge in [-0.15, -0.1) is 0 Å². The molecule has 1 saturated heterocycles. The van der Waals surface area contributed by atoms with Gasteiger partial charge in [0.1, 0.15) is 17.4 Å². The highest BCUT2D eigenvalue weighted by Crippen LogP contribution is 2.29. The molecule has 4 aromatic rings. The zero-order valence-corrected chi connectivity index (χ0v) is 24.2. The van der Waals surface area contributed by atoms with Gasteiger partial charge in [-0.2, -0.15) is 4.31 Å². The van der Waals surface area contributed by atoms with Crippen LogP contribution in [0.3, 0.4) is 0 Å². The maximum absolute atomic E-state index is 13.3. The monoisotopic (exact) mass is 559 g/mol. The minimum absolute atomic E-state index is 0.0768. The topological polar surface area (TPSA) is 87.7 Å². The Morgan fingerprint density at radius 1 is 0.950 bits per heavy atom. The number of aryl methyl sites for hydroxylation is 1. The molecule has 3 aromatic carbocycles. The lowest BCUT2D eigenvalue weighted by atomic mass is 10.1. The van der Waals surface area contributed by atoms with Gasteiger partial charge in [-0.25, -0.2) is 18.4 Å². The van der Waals surface area contributed by atoms with E-state index in [1.807, 2.05) is 36.4 Å². The average molecular weight is 560 g/mol. The number of piperazine rings is 1. The van der Waals surface area contributed by atoms with Crippen LogP contribution in [0.2, 0.25) is 0 Å². The smallest absolute Gasteiger partial charge is 0.243 e. The van der Waals surface area contributed by atoms with Crippen molar-refractivity contribution in [1.29, 1.82) is 0 Å². The van der Waals surface area contributed by atoms with E-state index < -0.39 is 10.0 Å². The lowest BCUT2D eigenvalue weighted by molar-refractivity contribution is 0.141. The number of fused-ring (bicyclic) bond motifs is 1. The summed E-state index contributed by atoms with van der Waals surface area (Å²) in [6.45, 7) is 8.89. The number of ether oxygens (including phenoxy) is 1. The fourth-order valence-electron chi connectivity index (χ4n) is 4.92. The predicted octanol–water partition coefficient (Wildman–Crippen LogP) is 5.93. The molecule has 0 spiro atoms. The van der Waals surface area contributed by atoms with Crippen LogP contribution in [0.5, 0.6) is 5.75 Å². The van der Waals surface area contributed by atoms with Crippen molar-refractivity contribution in [2.45, 2.75) is 44.6 Å². The van der Waals surface area contributed by atoms with Crippen LogP contribution in [-0.4, -0.2) is 60.4 Å². The third kappa shape index (κ3) is 6.27. The zero-order chi connectivity index (χ0) is 28.1. The Morgan fingerprint density at radius 2 is 1.70 bits per heavy atom.